The Morgan fingerprint density at radius 3 is 2.73 bits per heavy atom. The quantitative estimate of drug-likeness (QED) is 0.659. The van der Waals surface area contributed by atoms with E-state index in [1.807, 2.05) is 0 Å². The van der Waals surface area contributed by atoms with Gasteiger partial charge < -0.3 is 10.4 Å². The van der Waals surface area contributed by atoms with Crippen LogP contribution in [0.15, 0.2) is 0 Å². The molecule has 3 nitrogen and oxygen atoms in total. The summed E-state index contributed by atoms with van der Waals surface area (Å²) in [6, 6.07) is 0.849. The van der Waals surface area contributed by atoms with E-state index in [0.29, 0.717) is 5.92 Å². The molecule has 0 amide bonds. The first kappa shape index (κ1) is 10.1. The average Bonchev–Trinajstić information content (AvgIpc) is 2.99. The highest BCUT2D eigenvalue weighted by atomic mass is 16.3. The molecule has 3 rings (SSSR count). The van der Waals surface area contributed by atoms with Gasteiger partial charge in [0.1, 0.15) is 0 Å². The van der Waals surface area contributed by atoms with Crippen LogP contribution in [0.4, 0.5) is 0 Å². The predicted molar refractivity (Wildman–Crippen MR) is 59.7 cm³/mol. The van der Waals surface area contributed by atoms with E-state index >= 15 is 0 Å². The van der Waals surface area contributed by atoms with Crippen molar-refractivity contribution in [1.82, 2.24) is 10.2 Å². The lowest BCUT2D eigenvalue weighted by Crippen LogP contribution is -2.55. The normalized spacial score (nSPS) is 47.6. The van der Waals surface area contributed by atoms with E-state index in [9.17, 15) is 5.11 Å². The van der Waals surface area contributed by atoms with E-state index in [0.717, 1.165) is 38.6 Å². The van der Waals surface area contributed by atoms with Crippen molar-refractivity contribution in [2.75, 3.05) is 26.2 Å². The minimum Gasteiger partial charge on any atom is -0.392 e. The molecule has 0 aromatic carbocycles. The molecule has 2 N–H and O–H groups in total. The Bertz CT molecular complexity index is 254. The summed E-state index contributed by atoms with van der Waals surface area (Å²) < 4.78 is 0. The molecule has 1 saturated carbocycles. The zero-order valence-corrected chi connectivity index (χ0v) is 9.58. The summed E-state index contributed by atoms with van der Waals surface area (Å²) in [6.45, 7) is 6.61. The third-order valence-electron chi connectivity index (χ3n) is 4.80. The van der Waals surface area contributed by atoms with E-state index in [2.05, 4.69) is 17.1 Å². The first-order valence-corrected chi connectivity index (χ1v) is 6.35. The van der Waals surface area contributed by atoms with Gasteiger partial charge in [-0.25, -0.2) is 0 Å². The Hall–Kier alpha value is -0.120. The topological polar surface area (TPSA) is 35.5 Å². The summed E-state index contributed by atoms with van der Waals surface area (Å²) in [5.74, 6) is 0.619. The first-order valence-electron chi connectivity index (χ1n) is 6.35. The molecule has 3 aliphatic rings. The third-order valence-corrected chi connectivity index (χ3v) is 4.80. The SMILES string of the molecule is CC1CNCC12CN(C1CC1)CCC2O. The maximum Gasteiger partial charge on any atom is 0.0636 e. The molecule has 3 atom stereocenters. The molecule has 2 aliphatic heterocycles. The number of rotatable bonds is 1. The maximum absolute atomic E-state index is 10.3. The van der Waals surface area contributed by atoms with E-state index in [1.165, 1.54) is 12.8 Å². The van der Waals surface area contributed by atoms with Crippen molar-refractivity contribution in [2.45, 2.75) is 38.3 Å². The van der Waals surface area contributed by atoms with Gasteiger partial charge in [0, 0.05) is 31.1 Å². The monoisotopic (exact) mass is 210 g/mol. The minimum absolute atomic E-state index is 0.0856. The van der Waals surface area contributed by atoms with Gasteiger partial charge in [0.25, 0.3) is 0 Å². The minimum atomic E-state index is -0.0856. The molecule has 1 spiro atoms. The Labute approximate surface area is 91.8 Å². The molecular formula is C12H22N2O. The van der Waals surface area contributed by atoms with Crippen LogP contribution >= 0.6 is 0 Å². The fraction of sp³-hybridized carbons (Fsp3) is 1.00. The third kappa shape index (κ3) is 1.52. The summed E-state index contributed by atoms with van der Waals surface area (Å²) in [5.41, 5.74) is 0.154. The van der Waals surface area contributed by atoms with Crippen molar-refractivity contribution in [1.29, 1.82) is 0 Å². The molecule has 1 aliphatic carbocycles. The van der Waals surface area contributed by atoms with Gasteiger partial charge in [-0.3, -0.25) is 4.90 Å². The molecule has 3 heteroatoms. The Balaban J connectivity index is 1.78. The molecule has 0 radical (unpaired) electrons. The molecule has 2 heterocycles. The van der Waals surface area contributed by atoms with E-state index in [-0.39, 0.29) is 11.5 Å². The predicted octanol–water partition coefficient (Wildman–Crippen LogP) is 0.441. The highest BCUT2D eigenvalue weighted by molar-refractivity contribution is 5.04. The van der Waals surface area contributed by atoms with Gasteiger partial charge in [-0.1, -0.05) is 6.92 Å². The number of nitrogens with one attached hydrogen (secondary N) is 1. The molecule has 0 bridgehead atoms. The molecule has 86 valence electrons. The van der Waals surface area contributed by atoms with Crippen LogP contribution in [0.1, 0.15) is 26.2 Å². The van der Waals surface area contributed by atoms with Crippen molar-refractivity contribution in [2.24, 2.45) is 11.3 Å². The Morgan fingerprint density at radius 1 is 1.33 bits per heavy atom. The lowest BCUT2D eigenvalue weighted by Gasteiger charge is -2.46. The Morgan fingerprint density at radius 2 is 2.13 bits per heavy atom. The largest absolute Gasteiger partial charge is 0.392 e. The van der Waals surface area contributed by atoms with Crippen LogP contribution in [-0.2, 0) is 0 Å². The molecular weight excluding hydrogens is 188 g/mol. The zero-order valence-electron chi connectivity index (χ0n) is 9.58. The van der Waals surface area contributed by atoms with Crippen molar-refractivity contribution in [3.63, 3.8) is 0 Å². The van der Waals surface area contributed by atoms with E-state index in [1.54, 1.807) is 0 Å². The highest BCUT2D eigenvalue weighted by Crippen LogP contribution is 2.42. The summed E-state index contributed by atoms with van der Waals surface area (Å²) >= 11 is 0. The number of piperidine rings is 1. The fourth-order valence-electron chi connectivity index (χ4n) is 3.45. The van der Waals surface area contributed by atoms with Crippen LogP contribution in [0.3, 0.4) is 0 Å². The summed E-state index contributed by atoms with van der Waals surface area (Å²) in [4.78, 5) is 2.62. The second-order valence-electron chi connectivity index (χ2n) is 5.77. The lowest BCUT2D eigenvalue weighted by atomic mass is 9.70. The standard InChI is InChI=1S/C12H22N2O/c1-9-6-13-7-12(9)8-14(10-2-3-10)5-4-11(12)15/h9-11,13,15H,2-8H2,1H3. The van der Waals surface area contributed by atoms with Crippen LogP contribution in [0.5, 0.6) is 0 Å². The highest BCUT2D eigenvalue weighted by Gasteiger charge is 2.51. The van der Waals surface area contributed by atoms with Crippen molar-refractivity contribution < 1.29 is 5.11 Å². The number of aliphatic hydroxyl groups excluding tert-OH is 1. The summed E-state index contributed by atoms with van der Waals surface area (Å²) in [5, 5.41) is 13.7. The van der Waals surface area contributed by atoms with Crippen LogP contribution < -0.4 is 5.32 Å². The van der Waals surface area contributed by atoms with Gasteiger partial charge in [-0.05, 0) is 31.7 Å². The second kappa shape index (κ2) is 3.44. The molecule has 0 aromatic rings. The van der Waals surface area contributed by atoms with Gasteiger partial charge >= 0.3 is 0 Å². The van der Waals surface area contributed by atoms with Gasteiger partial charge in [-0.15, -0.1) is 0 Å². The van der Waals surface area contributed by atoms with Crippen LogP contribution in [0.25, 0.3) is 0 Å². The van der Waals surface area contributed by atoms with Gasteiger partial charge in [0.2, 0.25) is 0 Å². The molecule has 2 saturated heterocycles. The number of aliphatic hydroxyl groups is 1. The summed E-state index contributed by atoms with van der Waals surface area (Å²) in [7, 11) is 0. The number of hydrogen-bond donors (Lipinski definition) is 2. The molecule has 15 heavy (non-hydrogen) atoms. The number of likely N-dealkylation sites (tertiary alicyclic amines) is 1. The zero-order chi connectivity index (χ0) is 10.5. The van der Waals surface area contributed by atoms with Gasteiger partial charge in [0.05, 0.1) is 6.10 Å². The van der Waals surface area contributed by atoms with Crippen LogP contribution in [0.2, 0.25) is 0 Å². The smallest absolute Gasteiger partial charge is 0.0636 e. The molecule has 0 aromatic heterocycles. The van der Waals surface area contributed by atoms with Crippen molar-refractivity contribution in [3.05, 3.63) is 0 Å². The second-order valence-corrected chi connectivity index (χ2v) is 5.77. The molecule has 3 unspecified atom stereocenters. The number of nitrogens with zero attached hydrogens (tertiary/aromatic N) is 1. The lowest BCUT2D eigenvalue weighted by molar-refractivity contribution is -0.0581. The molecule has 3 fully saturated rings. The van der Waals surface area contributed by atoms with Crippen molar-refractivity contribution in [3.8, 4) is 0 Å². The average molecular weight is 210 g/mol. The van der Waals surface area contributed by atoms with E-state index in [4.69, 9.17) is 0 Å². The van der Waals surface area contributed by atoms with Gasteiger partial charge in [-0.2, -0.15) is 0 Å². The summed E-state index contributed by atoms with van der Waals surface area (Å²) in [6.07, 6.45) is 3.65. The Kier molecular flexibility index (Phi) is 2.31. The maximum atomic E-state index is 10.3. The van der Waals surface area contributed by atoms with Crippen LogP contribution in [0, 0.1) is 11.3 Å². The van der Waals surface area contributed by atoms with Gasteiger partial charge in [0.15, 0.2) is 0 Å². The van der Waals surface area contributed by atoms with Crippen LogP contribution in [-0.4, -0.2) is 48.3 Å². The number of hydrogen-bond acceptors (Lipinski definition) is 3. The van der Waals surface area contributed by atoms with E-state index < -0.39 is 0 Å². The first-order chi connectivity index (χ1) is 7.22. The fourth-order valence-corrected chi connectivity index (χ4v) is 3.45. The van der Waals surface area contributed by atoms with Crippen molar-refractivity contribution >= 4 is 0 Å².